The van der Waals surface area contributed by atoms with E-state index in [-0.39, 0.29) is 0 Å². The van der Waals surface area contributed by atoms with Crippen LogP contribution in [0.4, 0.5) is 0 Å². The molecule has 0 amide bonds. The zero-order valence-corrected chi connectivity index (χ0v) is 12.4. The summed E-state index contributed by atoms with van der Waals surface area (Å²) in [5.74, 6) is 1.61. The molecule has 1 aliphatic carbocycles. The average molecular weight is 266 g/mol. The molecule has 0 aliphatic heterocycles. The molecule has 3 unspecified atom stereocenters. The highest BCUT2D eigenvalue weighted by atomic mass is 35.5. The van der Waals surface area contributed by atoms with Crippen molar-refractivity contribution in [2.24, 2.45) is 11.8 Å². The molecule has 100 valence electrons. The Labute approximate surface area is 116 Å². The van der Waals surface area contributed by atoms with Crippen LogP contribution in [0.2, 0.25) is 5.02 Å². The quantitative estimate of drug-likeness (QED) is 0.833. The molecule has 1 fully saturated rings. The van der Waals surface area contributed by atoms with E-state index < -0.39 is 0 Å². The Kier molecular flexibility index (Phi) is 4.69. The van der Waals surface area contributed by atoms with Gasteiger partial charge < -0.3 is 5.32 Å². The molecule has 1 N–H and O–H groups in total. The van der Waals surface area contributed by atoms with Crippen molar-refractivity contribution in [2.45, 2.75) is 45.6 Å². The van der Waals surface area contributed by atoms with Crippen molar-refractivity contribution in [3.8, 4) is 0 Å². The van der Waals surface area contributed by atoms with Crippen LogP contribution in [0.1, 0.15) is 49.8 Å². The first kappa shape index (κ1) is 13.9. The van der Waals surface area contributed by atoms with Crippen molar-refractivity contribution in [2.75, 3.05) is 7.05 Å². The predicted octanol–water partition coefficient (Wildman–Crippen LogP) is 4.74. The lowest BCUT2D eigenvalue weighted by atomic mass is 9.76. The van der Waals surface area contributed by atoms with Crippen LogP contribution in [0.5, 0.6) is 0 Å². The first-order valence-corrected chi connectivity index (χ1v) is 7.43. The summed E-state index contributed by atoms with van der Waals surface area (Å²) in [6.07, 6.45) is 5.42. The monoisotopic (exact) mass is 265 g/mol. The summed E-state index contributed by atoms with van der Waals surface area (Å²) in [6.45, 7) is 4.56. The van der Waals surface area contributed by atoms with Crippen LogP contribution in [0.3, 0.4) is 0 Å². The highest BCUT2D eigenvalue weighted by Crippen LogP contribution is 2.38. The van der Waals surface area contributed by atoms with Gasteiger partial charge in [-0.05, 0) is 61.9 Å². The van der Waals surface area contributed by atoms with Gasteiger partial charge in [-0.2, -0.15) is 0 Å². The van der Waals surface area contributed by atoms with Crippen molar-refractivity contribution in [1.82, 2.24) is 5.32 Å². The minimum absolute atomic E-state index is 0.450. The van der Waals surface area contributed by atoms with Gasteiger partial charge in [0.1, 0.15) is 0 Å². The number of nitrogens with one attached hydrogen (secondary N) is 1. The fourth-order valence-corrected chi connectivity index (χ4v) is 3.56. The third-order valence-electron chi connectivity index (χ3n) is 4.34. The van der Waals surface area contributed by atoms with Gasteiger partial charge in [0.05, 0.1) is 0 Å². The van der Waals surface area contributed by atoms with E-state index in [2.05, 4.69) is 38.3 Å². The van der Waals surface area contributed by atoms with Gasteiger partial charge in [-0.1, -0.05) is 37.4 Å². The van der Waals surface area contributed by atoms with Crippen molar-refractivity contribution in [3.05, 3.63) is 34.3 Å². The van der Waals surface area contributed by atoms with E-state index in [4.69, 9.17) is 11.6 Å². The van der Waals surface area contributed by atoms with Crippen LogP contribution < -0.4 is 5.32 Å². The lowest BCUT2D eigenvalue weighted by Crippen LogP contribution is -2.29. The van der Waals surface area contributed by atoms with E-state index in [0.717, 1.165) is 16.9 Å². The molecular formula is C16H24ClN. The second-order valence-electron chi connectivity index (χ2n) is 5.80. The fourth-order valence-electron chi connectivity index (χ4n) is 3.38. The van der Waals surface area contributed by atoms with Crippen molar-refractivity contribution in [3.63, 3.8) is 0 Å². The number of rotatable bonds is 3. The maximum atomic E-state index is 6.16. The van der Waals surface area contributed by atoms with Crippen LogP contribution in [-0.4, -0.2) is 7.05 Å². The molecule has 0 heterocycles. The van der Waals surface area contributed by atoms with Crippen LogP contribution in [-0.2, 0) is 0 Å². The fraction of sp³-hybridized carbons (Fsp3) is 0.625. The van der Waals surface area contributed by atoms with E-state index in [1.54, 1.807) is 0 Å². The molecule has 0 radical (unpaired) electrons. The molecule has 0 aromatic heterocycles. The summed E-state index contributed by atoms with van der Waals surface area (Å²) in [6, 6.07) is 6.70. The lowest BCUT2D eigenvalue weighted by molar-refractivity contribution is 0.229. The molecule has 3 atom stereocenters. The second kappa shape index (κ2) is 6.08. The molecule has 2 rings (SSSR count). The number of halogens is 1. The zero-order valence-electron chi connectivity index (χ0n) is 11.7. The van der Waals surface area contributed by atoms with Gasteiger partial charge in [0, 0.05) is 11.1 Å². The number of hydrogen-bond acceptors (Lipinski definition) is 1. The van der Waals surface area contributed by atoms with Gasteiger partial charge in [0.25, 0.3) is 0 Å². The second-order valence-corrected chi connectivity index (χ2v) is 6.24. The summed E-state index contributed by atoms with van der Waals surface area (Å²) >= 11 is 6.16. The summed E-state index contributed by atoms with van der Waals surface area (Å²) in [7, 11) is 2.07. The van der Waals surface area contributed by atoms with Gasteiger partial charge in [0.2, 0.25) is 0 Å². The SMILES string of the molecule is CNC(c1cc(Cl)ccc1C)C1CCCC(C)C1. The predicted molar refractivity (Wildman–Crippen MR) is 79.1 cm³/mol. The average Bonchev–Trinajstić information content (AvgIpc) is 2.35. The van der Waals surface area contributed by atoms with Gasteiger partial charge in [-0.25, -0.2) is 0 Å². The Morgan fingerprint density at radius 3 is 2.78 bits per heavy atom. The number of aryl methyl sites for hydroxylation is 1. The van der Waals surface area contributed by atoms with Gasteiger partial charge >= 0.3 is 0 Å². The van der Waals surface area contributed by atoms with Gasteiger partial charge in [-0.3, -0.25) is 0 Å². The van der Waals surface area contributed by atoms with Gasteiger partial charge in [-0.15, -0.1) is 0 Å². The first-order valence-electron chi connectivity index (χ1n) is 7.05. The Morgan fingerprint density at radius 2 is 2.11 bits per heavy atom. The third kappa shape index (κ3) is 3.07. The van der Waals surface area contributed by atoms with E-state index in [0.29, 0.717) is 6.04 Å². The molecule has 0 saturated heterocycles. The molecule has 0 spiro atoms. The van der Waals surface area contributed by atoms with E-state index in [9.17, 15) is 0 Å². The largest absolute Gasteiger partial charge is 0.313 e. The minimum atomic E-state index is 0.450. The van der Waals surface area contributed by atoms with E-state index >= 15 is 0 Å². The van der Waals surface area contributed by atoms with Crippen molar-refractivity contribution < 1.29 is 0 Å². The minimum Gasteiger partial charge on any atom is -0.313 e. The Morgan fingerprint density at radius 1 is 1.33 bits per heavy atom. The maximum absolute atomic E-state index is 6.16. The van der Waals surface area contributed by atoms with E-state index in [1.165, 1.54) is 36.8 Å². The molecule has 1 aromatic carbocycles. The molecular weight excluding hydrogens is 242 g/mol. The van der Waals surface area contributed by atoms with Crippen molar-refractivity contribution >= 4 is 11.6 Å². The smallest absolute Gasteiger partial charge is 0.0409 e. The van der Waals surface area contributed by atoms with Gasteiger partial charge in [0.15, 0.2) is 0 Å². The molecule has 1 saturated carbocycles. The number of hydrogen-bond donors (Lipinski definition) is 1. The van der Waals surface area contributed by atoms with Crippen LogP contribution in [0.25, 0.3) is 0 Å². The number of benzene rings is 1. The van der Waals surface area contributed by atoms with Crippen molar-refractivity contribution in [1.29, 1.82) is 0 Å². The molecule has 0 bridgehead atoms. The molecule has 18 heavy (non-hydrogen) atoms. The summed E-state index contributed by atoms with van der Waals surface area (Å²) in [4.78, 5) is 0. The topological polar surface area (TPSA) is 12.0 Å². The summed E-state index contributed by atoms with van der Waals surface area (Å²) in [5, 5.41) is 4.36. The van der Waals surface area contributed by atoms with Crippen LogP contribution in [0.15, 0.2) is 18.2 Å². The van der Waals surface area contributed by atoms with Crippen LogP contribution in [0, 0.1) is 18.8 Å². The first-order chi connectivity index (χ1) is 8.61. The highest BCUT2D eigenvalue weighted by molar-refractivity contribution is 6.30. The Bertz CT molecular complexity index is 402. The normalized spacial score (nSPS) is 26.0. The Hall–Kier alpha value is -0.530. The standard InChI is InChI=1S/C16H24ClN/c1-11-5-4-6-13(9-11)16(18-3)15-10-14(17)8-7-12(15)2/h7-8,10-11,13,16,18H,4-6,9H2,1-3H3. The van der Waals surface area contributed by atoms with Crippen LogP contribution >= 0.6 is 11.6 Å². The van der Waals surface area contributed by atoms with E-state index in [1.807, 2.05) is 6.07 Å². The molecule has 1 aromatic rings. The molecule has 1 aliphatic rings. The zero-order chi connectivity index (χ0) is 13.1. The highest BCUT2D eigenvalue weighted by Gasteiger charge is 2.27. The summed E-state index contributed by atoms with van der Waals surface area (Å²) in [5.41, 5.74) is 2.72. The Balaban J connectivity index is 2.24. The lowest BCUT2D eigenvalue weighted by Gasteiger charge is -2.34. The summed E-state index contributed by atoms with van der Waals surface area (Å²) < 4.78 is 0. The maximum Gasteiger partial charge on any atom is 0.0409 e. The molecule has 1 nitrogen and oxygen atoms in total. The third-order valence-corrected chi connectivity index (χ3v) is 4.57. The molecule has 2 heteroatoms.